The van der Waals surface area contributed by atoms with Gasteiger partial charge in [0.2, 0.25) is 0 Å². The number of hydrogen-bond donors (Lipinski definition) is 1. The monoisotopic (exact) mass is 249 g/mol. The summed E-state index contributed by atoms with van der Waals surface area (Å²) in [6.45, 7) is 0. The summed E-state index contributed by atoms with van der Waals surface area (Å²) in [5.41, 5.74) is 3.37. The van der Waals surface area contributed by atoms with Gasteiger partial charge >= 0.3 is 0 Å². The molecule has 19 heavy (non-hydrogen) atoms. The predicted octanol–water partition coefficient (Wildman–Crippen LogP) is 2.39. The van der Waals surface area contributed by atoms with E-state index in [0.29, 0.717) is 5.57 Å². The summed E-state index contributed by atoms with van der Waals surface area (Å²) >= 11 is 0. The summed E-state index contributed by atoms with van der Waals surface area (Å²) < 4.78 is 0. The summed E-state index contributed by atoms with van der Waals surface area (Å²) in [5, 5.41) is 2.24. The number of hydrogen-bond acceptors (Lipinski definition) is 2. The first-order chi connectivity index (χ1) is 9.24. The molecule has 2 aromatic rings. The van der Waals surface area contributed by atoms with E-state index in [0.717, 1.165) is 16.7 Å². The maximum atomic E-state index is 11.5. The third kappa shape index (κ3) is 2.18. The predicted molar refractivity (Wildman–Crippen MR) is 73.0 cm³/mol. The number of carbonyl (C=O) groups excluding carboxylic acids is 2. The van der Waals surface area contributed by atoms with E-state index < -0.39 is 0 Å². The van der Waals surface area contributed by atoms with Gasteiger partial charge in [-0.05, 0) is 16.7 Å². The van der Waals surface area contributed by atoms with E-state index in [4.69, 9.17) is 0 Å². The van der Waals surface area contributed by atoms with Gasteiger partial charge in [-0.25, -0.2) is 0 Å². The summed E-state index contributed by atoms with van der Waals surface area (Å²) in [7, 11) is 0. The third-order valence-electron chi connectivity index (χ3n) is 3.06. The highest BCUT2D eigenvalue weighted by molar-refractivity contribution is 6.33. The van der Waals surface area contributed by atoms with Crippen LogP contribution in [-0.2, 0) is 9.59 Å². The van der Waals surface area contributed by atoms with E-state index in [1.165, 1.54) is 6.08 Å². The molecule has 1 heterocycles. The zero-order valence-corrected chi connectivity index (χ0v) is 10.1. The number of nitrogens with one attached hydrogen (secondary N) is 1. The lowest BCUT2D eigenvalue weighted by Crippen LogP contribution is -2.21. The molecule has 0 atom stereocenters. The molecule has 0 saturated carbocycles. The lowest BCUT2D eigenvalue weighted by molar-refractivity contribution is -0.123. The van der Waals surface area contributed by atoms with E-state index in [9.17, 15) is 9.59 Å². The van der Waals surface area contributed by atoms with E-state index in [1.54, 1.807) is 0 Å². The largest absolute Gasteiger partial charge is 0.289 e. The standard InChI is InChI=1S/C16H11NO2/c18-15-10-14(16(19)17-15)13-8-6-12(7-9-13)11-4-2-1-3-5-11/h1-10H,(H,17,18,19). The average molecular weight is 249 g/mol. The summed E-state index contributed by atoms with van der Waals surface area (Å²) in [4.78, 5) is 22.7. The second-order valence-electron chi connectivity index (χ2n) is 4.32. The van der Waals surface area contributed by atoms with E-state index in [1.807, 2.05) is 54.6 Å². The molecule has 2 aromatic carbocycles. The molecule has 1 aliphatic heterocycles. The van der Waals surface area contributed by atoms with Crippen LogP contribution in [-0.4, -0.2) is 11.8 Å². The van der Waals surface area contributed by atoms with Crippen LogP contribution in [0.15, 0.2) is 60.7 Å². The third-order valence-corrected chi connectivity index (χ3v) is 3.06. The Hall–Kier alpha value is -2.68. The van der Waals surface area contributed by atoms with Crippen molar-refractivity contribution in [3.8, 4) is 11.1 Å². The number of imide groups is 1. The number of carbonyl (C=O) groups is 2. The van der Waals surface area contributed by atoms with Gasteiger partial charge in [-0.2, -0.15) is 0 Å². The molecule has 0 aromatic heterocycles. The Bertz CT molecular complexity index is 670. The molecule has 0 saturated heterocycles. The van der Waals surface area contributed by atoms with Crippen LogP contribution < -0.4 is 5.32 Å². The fourth-order valence-corrected chi connectivity index (χ4v) is 2.10. The van der Waals surface area contributed by atoms with Gasteiger partial charge < -0.3 is 0 Å². The summed E-state index contributed by atoms with van der Waals surface area (Å²) in [6, 6.07) is 17.6. The van der Waals surface area contributed by atoms with Crippen molar-refractivity contribution in [3.05, 3.63) is 66.2 Å². The number of amides is 2. The molecule has 0 radical (unpaired) electrons. The quantitative estimate of drug-likeness (QED) is 0.831. The Morgan fingerprint density at radius 2 is 1.26 bits per heavy atom. The van der Waals surface area contributed by atoms with Gasteiger partial charge in [0.05, 0.1) is 5.57 Å². The Balaban J connectivity index is 1.94. The van der Waals surface area contributed by atoms with Crippen LogP contribution in [0.5, 0.6) is 0 Å². The van der Waals surface area contributed by atoms with Crippen molar-refractivity contribution < 1.29 is 9.59 Å². The van der Waals surface area contributed by atoms with Gasteiger partial charge in [-0.15, -0.1) is 0 Å². The first kappa shape index (κ1) is 11.4. The van der Waals surface area contributed by atoms with Crippen LogP contribution >= 0.6 is 0 Å². The first-order valence-corrected chi connectivity index (χ1v) is 5.97. The smallest absolute Gasteiger partial charge is 0.258 e. The fourth-order valence-electron chi connectivity index (χ4n) is 2.10. The van der Waals surface area contributed by atoms with Crippen molar-refractivity contribution in [2.75, 3.05) is 0 Å². The molecule has 0 bridgehead atoms. The molecule has 1 aliphatic rings. The van der Waals surface area contributed by atoms with Crippen molar-refractivity contribution in [3.63, 3.8) is 0 Å². The molecule has 2 amide bonds. The van der Waals surface area contributed by atoms with Crippen LogP contribution in [0, 0.1) is 0 Å². The van der Waals surface area contributed by atoms with Crippen LogP contribution in [0.2, 0.25) is 0 Å². The highest BCUT2D eigenvalue weighted by Gasteiger charge is 2.21. The van der Waals surface area contributed by atoms with Gasteiger partial charge in [-0.1, -0.05) is 54.6 Å². The second-order valence-corrected chi connectivity index (χ2v) is 4.32. The zero-order chi connectivity index (χ0) is 13.2. The summed E-state index contributed by atoms with van der Waals surface area (Å²) in [6.07, 6.45) is 1.33. The first-order valence-electron chi connectivity index (χ1n) is 5.97. The van der Waals surface area contributed by atoms with Crippen LogP contribution in [0.4, 0.5) is 0 Å². The zero-order valence-electron chi connectivity index (χ0n) is 10.1. The van der Waals surface area contributed by atoms with Gasteiger partial charge in [0.1, 0.15) is 0 Å². The normalized spacial score (nSPS) is 14.2. The van der Waals surface area contributed by atoms with Crippen molar-refractivity contribution >= 4 is 17.4 Å². The molecule has 92 valence electrons. The fraction of sp³-hybridized carbons (Fsp3) is 0. The lowest BCUT2D eigenvalue weighted by atomic mass is 10.0. The van der Waals surface area contributed by atoms with Gasteiger partial charge in [0.15, 0.2) is 0 Å². The van der Waals surface area contributed by atoms with Crippen molar-refractivity contribution in [1.82, 2.24) is 5.32 Å². The maximum absolute atomic E-state index is 11.5. The highest BCUT2D eigenvalue weighted by Crippen LogP contribution is 2.23. The van der Waals surface area contributed by atoms with Crippen LogP contribution in [0.25, 0.3) is 16.7 Å². The van der Waals surface area contributed by atoms with Crippen molar-refractivity contribution in [2.45, 2.75) is 0 Å². The van der Waals surface area contributed by atoms with E-state index in [2.05, 4.69) is 5.32 Å². The van der Waals surface area contributed by atoms with Crippen LogP contribution in [0.3, 0.4) is 0 Å². The second kappa shape index (κ2) is 4.53. The molecule has 0 unspecified atom stereocenters. The Morgan fingerprint density at radius 3 is 1.84 bits per heavy atom. The summed E-state index contributed by atoms with van der Waals surface area (Å²) in [5.74, 6) is -0.690. The molecule has 0 spiro atoms. The maximum Gasteiger partial charge on any atom is 0.258 e. The van der Waals surface area contributed by atoms with Crippen LogP contribution in [0.1, 0.15) is 5.56 Å². The lowest BCUT2D eigenvalue weighted by Gasteiger charge is -2.04. The Morgan fingerprint density at radius 1 is 0.684 bits per heavy atom. The van der Waals surface area contributed by atoms with E-state index >= 15 is 0 Å². The molecule has 0 aliphatic carbocycles. The van der Waals surface area contributed by atoms with Crippen molar-refractivity contribution in [2.24, 2.45) is 0 Å². The topological polar surface area (TPSA) is 46.2 Å². The molecule has 0 fully saturated rings. The van der Waals surface area contributed by atoms with Crippen molar-refractivity contribution in [1.29, 1.82) is 0 Å². The minimum absolute atomic E-state index is 0.336. The minimum Gasteiger partial charge on any atom is -0.289 e. The Labute approximate surface area is 110 Å². The number of benzene rings is 2. The molecule has 3 rings (SSSR count). The number of rotatable bonds is 2. The SMILES string of the molecule is O=C1C=C(c2ccc(-c3ccccc3)cc2)C(=O)N1. The average Bonchev–Trinajstić information content (AvgIpc) is 2.79. The molecular weight excluding hydrogens is 238 g/mol. The molecule has 1 N–H and O–H groups in total. The molecule has 3 heteroatoms. The Kier molecular flexibility index (Phi) is 2.72. The van der Waals surface area contributed by atoms with E-state index in [-0.39, 0.29) is 11.8 Å². The van der Waals surface area contributed by atoms with Gasteiger partial charge in [0, 0.05) is 6.08 Å². The van der Waals surface area contributed by atoms with Gasteiger partial charge in [-0.3, -0.25) is 14.9 Å². The molecular formula is C16H11NO2. The van der Waals surface area contributed by atoms with Gasteiger partial charge in [0.25, 0.3) is 11.8 Å². The minimum atomic E-state index is -0.355. The highest BCUT2D eigenvalue weighted by atomic mass is 16.2. The molecule has 3 nitrogen and oxygen atoms in total.